The van der Waals surface area contributed by atoms with Crippen molar-refractivity contribution >= 4 is 33.3 Å². The molecule has 0 saturated carbocycles. The van der Waals surface area contributed by atoms with Crippen molar-refractivity contribution in [2.24, 2.45) is 0 Å². The molecule has 2 rings (SSSR count). The van der Waals surface area contributed by atoms with E-state index in [1.165, 1.54) is 4.88 Å². The van der Waals surface area contributed by atoms with E-state index in [1.54, 1.807) is 18.3 Å². The Labute approximate surface area is 110 Å². The standard InChI is InChI=1S/C12H18N4OS/c1-3-8-6-9-10(14-5-4-7(2)17)15-12(13)16-11(9)18-8/h6-7,17H,3-5H2,1-2H3,(H3,13,14,15,16). The van der Waals surface area contributed by atoms with E-state index < -0.39 is 0 Å². The molecule has 0 spiro atoms. The SMILES string of the molecule is CCc1cc2c(NCCC(C)O)nc(N)nc2s1. The molecule has 0 amide bonds. The maximum Gasteiger partial charge on any atom is 0.223 e. The van der Waals surface area contributed by atoms with Crippen molar-refractivity contribution in [3.63, 3.8) is 0 Å². The van der Waals surface area contributed by atoms with Crippen LogP contribution in [0.15, 0.2) is 6.07 Å². The van der Waals surface area contributed by atoms with Crippen molar-refractivity contribution in [1.29, 1.82) is 0 Å². The van der Waals surface area contributed by atoms with Crippen molar-refractivity contribution < 1.29 is 5.11 Å². The molecule has 0 fully saturated rings. The predicted octanol–water partition coefficient (Wildman–Crippen LogP) is 2.02. The van der Waals surface area contributed by atoms with E-state index in [-0.39, 0.29) is 12.1 Å². The molecule has 5 nitrogen and oxygen atoms in total. The summed E-state index contributed by atoms with van der Waals surface area (Å²) < 4.78 is 0. The first-order chi connectivity index (χ1) is 8.60. The number of nitrogens with zero attached hydrogens (tertiary/aromatic N) is 2. The highest BCUT2D eigenvalue weighted by Gasteiger charge is 2.10. The number of thiophene rings is 1. The zero-order chi connectivity index (χ0) is 13.1. The van der Waals surface area contributed by atoms with Crippen molar-refractivity contribution in [1.82, 2.24) is 9.97 Å². The van der Waals surface area contributed by atoms with E-state index in [0.717, 1.165) is 22.5 Å². The van der Waals surface area contributed by atoms with E-state index in [1.807, 2.05) is 0 Å². The Morgan fingerprint density at radius 3 is 2.94 bits per heavy atom. The van der Waals surface area contributed by atoms with E-state index in [9.17, 15) is 5.11 Å². The summed E-state index contributed by atoms with van der Waals surface area (Å²) in [5.41, 5.74) is 5.70. The molecule has 18 heavy (non-hydrogen) atoms. The minimum absolute atomic E-state index is 0.284. The van der Waals surface area contributed by atoms with Gasteiger partial charge in [-0.3, -0.25) is 0 Å². The Morgan fingerprint density at radius 1 is 1.50 bits per heavy atom. The average molecular weight is 266 g/mol. The van der Waals surface area contributed by atoms with E-state index in [0.29, 0.717) is 13.0 Å². The molecule has 1 atom stereocenters. The fourth-order valence-corrected chi connectivity index (χ4v) is 2.67. The van der Waals surface area contributed by atoms with Gasteiger partial charge in [0.2, 0.25) is 5.95 Å². The number of nitrogens with two attached hydrogens (primary N) is 1. The predicted molar refractivity (Wildman–Crippen MR) is 76.0 cm³/mol. The summed E-state index contributed by atoms with van der Waals surface area (Å²) in [7, 11) is 0. The smallest absolute Gasteiger partial charge is 0.223 e. The molecule has 98 valence electrons. The van der Waals surface area contributed by atoms with Gasteiger partial charge in [-0.25, -0.2) is 4.98 Å². The zero-order valence-electron chi connectivity index (χ0n) is 10.6. The lowest BCUT2D eigenvalue weighted by atomic mass is 10.2. The normalized spacial score (nSPS) is 12.8. The van der Waals surface area contributed by atoms with Gasteiger partial charge in [0.05, 0.1) is 11.5 Å². The van der Waals surface area contributed by atoms with Crippen molar-refractivity contribution in [3.05, 3.63) is 10.9 Å². The Balaban J connectivity index is 2.27. The van der Waals surface area contributed by atoms with E-state index in [2.05, 4.69) is 28.3 Å². The first-order valence-electron chi connectivity index (χ1n) is 6.08. The van der Waals surface area contributed by atoms with Gasteiger partial charge in [0, 0.05) is 11.4 Å². The summed E-state index contributed by atoms with van der Waals surface area (Å²) in [4.78, 5) is 10.7. The molecule has 0 radical (unpaired) electrons. The van der Waals surface area contributed by atoms with Gasteiger partial charge in [-0.2, -0.15) is 4.98 Å². The number of aliphatic hydroxyl groups excluding tert-OH is 1. The van der Waals surface area contributed by atoms with Crippen LogP contribution in [0, 0.1) is 0 Å². The van der Waals surface area contributed by atoms with Gasteiger partial charge in [0.15, 0.2) is 0 Å². The number of anilines is 2. The topological polar surface area (TPSA) is 84.1 Å². The van der Waals surface area contributed by atoms with Gasteiger partial charge in [-0.05, 0) is 25.8 Å². The quantitative estimate of drug-likeness (QED) is 0.771. The van der Waals surface area contributed by atoms with Crippen molar-refractivity contribution in [2.45, 2.75) is 32.8 Å². The van der Waals surface area contributed by atoms with Gasteiger partial charge < -0.3 is 16.2 Å². The second-order valence-corrected chi connectivity index (χ2v) is 5.40. The zero-order valence-corrected chi connectivity index (χ0v) is 11.4. The largest absolute Gasteiger partial charge is 0.393 e. The number of nitrogens with one attached hydrogen (secondary N) is 1. The van der Waals surface area contributed by atoms with Crippen LogP contribution in [0.3, 0.4) is 0 Å². The van der Waals surface area contributed by atoms with E-state index in [4.69, 9.17) is 5.73 Å². The molecule has 2 aromatic heterocycles. The molecule has 0 aliphatic heterocycles. The molecule has 6 heteroatoms. The molecule has 4 N–H and O–H groups in total. The first-order valence-corrected chi connectivity index (χ1v) is 6.89. The Kier molecular flexibility index (Phi) is 3.98. The molecular formula is C12H18N4OS. The minimum atomic E-state index is -0.319. The highest BCUT2D eigenvalue weighted by atomic mass is 32.1. The molecule has 0 bridgehead atoms. The second-order valence-electron chi connectivity index (χ2n) is 4.28. The lowest BCUT2D eigenvalue weighted by Crippen LogP contribution is -2.11. The molecule has 1 unspecified atom stereocenters. The lowest BCUT2D eigenvalue weighted by molar-refractivity contribution is 0.188. The molecule has 0 aromatic carbocycles. The Morgan fingerprint density at radius 2 is 2.28 bits per heavy atom. The number of fused-ring (bicyclic) bond motifs is 1. The van der Waals surface area contributed by atoms with Crippen LogP contribution in [0.1, 0.15) is 25.1 Å². The Hall–Kier alpha value is -1.40. The van der Waals surface area contributed by atoms with Gasteiger partial charge in [-0.1, -0.05) is 6.92 Å². The highest BCUT2D eigenvalue weighted by Crippen LogP contribution is 2.29. The Bertz CT molecular complexity index is 538. The number of nitrogen functional groups attached to an aromatic ring is 1. The van der Waals surface area contributed by atoms with Crippen LogP contribution in [-0.4, -0.2) is 27.7 Å². The summed E-state index contributed by atoms with van der Waals surface area (Å²) in [6.45, 7) is 4.55. The maximum absolute atomic E-state index is 9.25. The van der Waals surface area contributed by atoms with Gasteiger partial charge in [0.25, 0.3) is 0 Å². The van der Waals surface area contributed by atoms with E-state index >= 15 is 0 Å². The third-order valence-corrected chi connectivity index (χ3v) is 3.84. The van der Waals surface area contributed by atoms with Crippen LogP contribution in [0.25, 0.3) is 10.2 Å². The van der Waals surface area contributed by atoms with Gasteiger partial charge in [0.1, 0.15) is 10.6 Å². The number of hydrogen-bond donors (Lipinski definition) is 3. The fourth-order valence-electron chi connectivity index (χ4n) is 1.70. The van der Waals surface area contributed by atoms with Crippen LogP contribution < -0.4 is 11.1 Å². The van der Waals surface area contributed by atoms with Crippen LogP contribution >= 0.6 is 11.3 Å². The molecule has 0 saturated heterocycles. The van der Waals surface area contributed by atoms with Gasteiger partial charge >= 0.3 is 0 Å². The minimum Gasteiger partial charge on any atom is -0.393 e. The van der Waals surface area contributed by atoms with Crippen LogP contribution in [0.5, 0.6) is 0 Å². The molecule has 0 aliphatic rings. The summed E-state index contributed by atoms with van der Waals surface area (Å²) >= 11 is 1.64. The summed E-state index contributed by atoms with van der Waals surface area (Å²) in [5.74, 6) is 1.04. The lowest BCUT2D eigenvalue weighted by Gasteiger charge is -2.08. The fraction of sp³-hybridized carbons (Fsp3) is 0.500. The first kappa shape index (κ1) is 13.0. The maximum atomic E-state index is 9.25. The average Bonchev–Trinajstić information content (AvgIpc) is 2.71. The monoisotopic (exact) mass is 266 g/mol. The van der Waals surface area contributed by atoms with Crippen LogP contribution in [0.2, 0.25) is 0 Å². The molecule has 2 heterocycles. The number of aliphatic hydroxyl groups is 1. The van der Waals surface area contributed by atoms with Crippen molar-refractivity contribution in [3.8, 4) is 0 Å². The number of aryl methyl sites for hydroxylation is 1. The van der Waals surface area contributed by atoms with Crippen LogP contribution in [0.4, 0.5) is 11.8 Å². The summed E-state index contributed by atoms with van der Waals surface area (Å²) in [6, 6.07) is 2.10. The van der Waals surface area contributed by atoms with Crippen LogP contribution in [-0.2, 0) is 6.42 Å². The van der Waals surface area contributed by atoms with Gasteiger partial charge in [-0.15, -0.1) is 11.3 Å². The second kappa shape index (κ2) is 5.49. The highest BCUT2D eigenvalue weighted by molar-refractivity contribution is 7.18. The number of aromatic nitrogens is 2. The van der Waals surface area contributed by atoms with Crippen molar-refractivity contribution in [2.75, 3.05) is 17.6 Å². The number of rotatable bonds is 5. The summed E-state index contributed by atoms with van der Waals surface area (Å²) in [5, 5.41) is 13.5. The summed E-state index contributed by atoms with van der Waals surface area (Å²) in [6.07, 6.45) is 1.34. The molecule has 0 aliphatic carbocycles. The molecule has 2 aromatic rings. The third-order valence-electron chi connectivity index (χ3n) is 2.66. The molecular weight excluding hydrogens is 248 g/mol. The third kappa shape index (κ3) is 2.88. The number of hydrogen-bond acceptors (Lipinski definition) is 6.